The molecule has 1 rings (SSSR count). The van der Waals surface area contributed by atoms with Gasteiger partial charge in [-0.05, 0) is 32.9 Å². The van der Waals surface area contributed by atoms with E-state index in [2.05, 4.69) is 5.32 Å². The number of amides is 1. The number of aliphatic hydroxyl groups excluding tert-OH is 2. The molecule has 124 valence electrons. The molecule has 1 amide bonds. The number of halogens is 2. The van der Waals surface area contributed by atoms with E-state index in [1.165, 1.54) is 12.1 Å². The highest BCUT2D eigenvalue weighted by molar-refractivity contribution is 6.35. The Hall–Kier alpha value is -1.21. The number of hydrogen-bond acceptors (Lipinski definition) is 5. The number of phenolic OH excluding ortho intramolecular Hbond substituents is 1. The van der Waals surface area contributed by atoms with Crippen LogP contribution in [0, 0.1) is 0 Å². The molecule has 0 aliphatic carbocycles. The van der Waals surface area contributed by atoms with Gasteiger partial charge in [0.2, 0.25) is 0 Å². The van der Waals surface area contributed by atoms with Crippen molar-refractivity contribution >= 4 is 29.3 Å². The molecule has 1 aromatic rings. The maximum Gasteiger partial charge on any atom is 0.407 e. The normalized spacial score (nSPS) is 14.3. The Balaban J connectivity index is 2.70. The Morgan fingerprint density at radius 2 is 1.91 bits per heavy atom. The van der Waals surface area contributed by atoms with Crippen molar-refractivity contribution in [2.75, 3.05) is 6.54 Å². The number of carbonyl (C=O) groups is 1. The molecule has 0 saturated heterocycles. The Morgan fingerprint density at radius 1 is 1.32 bits per heavy atom. The van der Waals surface area contributed by atoms with E-state index in [0.29, 0.717) is 0 Å². The van der Waals surface area contributed by atoms with E-state index >= 15 is 0 Å². The highest BCUT2D eigenvalue weighted by Gasteiger charge is 2.24. The van der Waals surface area contributed by atoms with E-state index in [4.69, 9.17) is 27.9 Å². The number of nitrogens with one attached hydrogen (secondary N) is 1. The van der Waals surface area contributed by atoms with Gasteiger partial charge in [-0.1, -0.05) is 23.2 Å². The molecule has 4 N–H and O–H groups in total. The zero-order chi connectivity index (χ0) is 17.1. The molecule has 0 aliphatic rings. The molecule has 0 aromatic heterocycles. The number of aromatic hydroxyl groups is 1. The van der Waals surface area contributed by atoms with Gasteiger partial charge in [0.05, 0.1) is 5.02 Å². The van der Waals surface area contributed by atoms with Crippen molar-refractivity contribution in [1.82, 2.24) is 5.32 Å². The third kappa shape index (κ3) is 5.53. The van der Waals surface area contributed by atoms with Gasteiger partial charge in [0, 0.05) is 17.1 Å². The predicted octanol–water partition coefficient (Wildman–Crippen LogP) is 2.62. The first kappa shape index (κ1) is 18.8. The van der Waals surface area contributed by atoms with Crippen molar-refractivity contribution in [1.29, 1.82) is 0 Å². The lowest BCUT2D eigenvalue weighted by Gasteiger charge is -2.22. The van der Waals surface area contributed by atoms with Gasteiger partial charge in [0.15, 0.2) is 0 Å². The molecule has 0 fully saturated rings. The van der Waals surface area contributed by atoms with Crippen LogP contribution in [0.3, 0.4) is 0 Å². The molecule has 0 saturated carbocycles. The van der Waals surface area contributed by atoms with Crippen LogP contribution in [-0.2, 0) is 4.74 Å². The SMILES string of the molecule is CC(C)(C)OC(=O)NCC(O)C(O)c1cc(Cl)cc(Cl)c1O. The average Bonchev–Trinajstić information content (AvgIpc) is 2.37. The van der Waals surface area contributed by atoms with E-state index in [1.807, 2.05) is 0 Å². The molecule has 0 bridgehead atoms. The fourth-order valence-electron chi connectivity index (χ4n) is 1.63. The molecule has 0 spiro atoms. The van der Waals surface area contributed by atoms with Crippen molar-refractivity contribution in [2.24, 2.45) is 0 Å². The number of benzene rings is 1. The number of ether oxygens (including phenoxy) is 1. The standard InChI is InChI=1S/C14H19Cl2NO5/c1-14(2,3)22-13(21)17-6-10(18)12(20)8-4-7(15)5-9(16)11(8)19/h4-5,10,12,18-20H,6H2,1-3H3,(H,17,21). The summed E-state index contributed by atoms with van der Waals surface area (Å²) in [6, 6.07) is 2.59. The molecular weight excluding hydrogens is 333 g/mol. The molecule has 2 atom stereocenters. The summed E-state index contributed by atoms with van der Waals surface area (Å²) in [5, 5.41) is 32.2. The zero-order valence-corrected chi connectivity index (χ0v) is 13.9. The van der Waals surface area contributed by atoms with Crippen LogP contribution in [0.25, 0.3) is 0 Å². The Morgan fingerprint density at radius 3 is 2.45 bits per heavy atom. The van der Waals surface area contributed by atoms with Crippen molar-refractivity contribution in [2.45, 2.75) is 38.6 Å². The number of carbonyl (C=O) groups excluding carboxylic acids is 1. The van der Waals surface area contributed by atoms with Crippen LogP contribution in [0.1, 0.15) is 32.4 Å². The quantitative estimate of drug-likeness (QED) is 0.668. The molecule has 0 aliphatic heterocycles. The van der Waals surface area contributed by atoms with Crippen LogP contribution < -0.4 is 5.32 Å². The zero-order valence-electron chi connectivity index (χ0n) is 12.4. The second-order valence-corrected chi connectivity index (χ2v) is 6.56. The smallest absolute Gasteiger partial charge is 0.407 e. The first-order chi connectivity index (χ1) is 10.0. The van der Waals surface area contributed by atoms with Gasteiger partial charge in [0.1, 0.15) is 23.6 Å². The molecule has 8 heteroatoms. The Kier molecular flexibility index (Phi) is 6.31. The molecule has 2 unspecified atom stereocenters. The summed E-state index contributed by atoms with van der Waals surface area (Å²) < 4.78 is 5.00. The topological polar surface area (TPSA) is 99.0 Å². The van der Waals surface area contributed by atoms with Crippen molar-refractivity contribution in [3.63, 3.8) is 0 Å². The minimum Gasteiger partial charge on any atom is -0.506 e. The minimum atomic E-state index is -1.48. The monoisotopic (exact) mass is 351 g/mol. The fourth-order valence-corrected chi connectivity index (χ4v) is 2.14. The first-order valence-corrected chi connectivity index (χ1v) is 7.27. The Labute approximate surface area is 138 Å². The maximum absolute atomic E-state index is 11.5. The van der Waals surface area contributed by atoms with Crippen molar-refractivity contribution in [3.8, 4) is 5.75 Å². The average molecular weight is 352 g/mol. The van der Waals surface area contributed by atoms with Gasteiger partial charge in [-0.15, -0.1) is 0 Å². The van der Waals surface area contributed by atoms with E-state index in [0.717, 1.165) is 0 Å². The number of rotatable bonds is 4. The predicted molar refractivity (Wildman–Crippen MR) is 83.3 cm³/mol. The van der Waals surface area contributed by atoms with Gasteiger partial charge in [-0.25, -0.2) is 4.79 Å². The lowest BCUT2D eigenvalue weighted by molar-refractivity contribution is 0.0119. The minimum absolute atomic E-state index is 0.0315. The fraction of sp³-hybridized carbons (Fsp3) is 0.500. The lowest BCUT2D eigenvalue weighted by Crippen LogP contribution is -2.38. The highest BCUT2D eigenvalue weighted by Crippen LogP contribution is 2.35. The van der Waals surface area contributed by atoms with E-state index in [1.54, 1.807) is 20.8 Å². The van der Waals surface area contributed by atoms with Crippen LogP contribution in [-0.4, -0.2) is 39.7 Å². The second-order valence-electron chi connectivity index (χ2n) is 5.72. The summed E-state index contributed by atoms with van der Waals surface area (Å²) in [5.41, 5.74) is -0.706. The number of aliphatic hydroxyl groups is 2. The summed E-state index contributed by atoms with van der Waals surface area (Å²) in [4.78, 5) is 11.5. The number of alkyl carbamates (subject to hydrolysis) is 1. The van der Waals surface area contributed by atoms with Gasteiger partial charge >= 0.3 is 6.09 Å². The van der Waals surface area contributed by atoms with Gasteiger partial charge in [-0.3, -0.25) is 0 Å². The van der Waals surface area contributed by atoms with Crippen LogP contribution >= 0.6 is 23.2 Å². The summed E-state index contributed by atoms with van der Waals surface area (Å²) in [7, 11) is 0. The maximum atomic E-state index is 11.5. The molecular formula is C14H19Cl2NO5. The summed E-state index contributed by atoms with van der Waals surface area (Å²) >= 11 is 11.5. The highest BCUT2D eigenvalue weighted by atomic mass is 35.5. The largest absolute Gasteiger partial charge is 0.506 e. The summed E-state index contributed by atoms with van der Waals surface area (Å²) in [5.74, 6) is -0.380. The lowest BCUT2D eigenvalue weighted by atomic mass is 10.0. The van der Waals surface area contributed by atoms with Gasteiger partial charge in [-0.2, -0.15) is 0 Å². The van der Waals surface area contributed by atoms with Crippen LogP contribution in [0.4, 0.5) is 4.79 Å². The molecule has 6 nitrogen and oxygen atoms in total. The van der Waals surface area contributed by atoms with Crippen LogP contribution in [0.15, 0.2) is 12.1 Å². The third-order valence-electron chi connectivity index (χ3n) is 2.60. The molecule has 0 radical (unpaired) electrons. The van der Waals surface area contributed by atoms with Crippen LogP contribution in [0.5, 0.6) is 5.75 Å². The second kappa shape index (κ2) is 7.37. The molecule has 0 heterocycles. The Bertz CT molecular complexity index is 545. The first-order valence-electron chi connectivity index (χ1n) is 6.52. The van der Waals surface area contributed by atoms with Crippen molar-refractivity contribution in [3.05, 3.63) is 27.7 Å². The number of phenols is 1. The molecule has 1 aromatic carbocycles. The molecule has 22 heavy (non-hydrogen) atoms. The van der Waals surface area contributed by atoms with Crippen LogP contribution in [0.2, 0.25) is 10.0 Å². The van der Waals surface area contributed by atoms with Crippen molar-refractivity contribution < 1.29 is 24.9 Å². The van der Waals surface area contributed by atoms with Gasteiger partial charge in [0.25, 0.3) is 0 Å². The third-order valence-corrected chi connectivity index (χ3v) is 3.10. The van der Waals surface area contributed by atoms with Gasteiger partial charge < -0.3 is 25.4 Å². The van der Waals surface area contributed by atoms with E-state index < -0.39 is 23.9 Å². The number of hydrogen-bond donors (Lipinski definition) is 4. The van der Waals surface area contributed by atoms with E-state index in [-0.39, 0.29) is 27.9 Å². The van der Waals surface area contributed by atoms with E-state index in [9.17, 15) is 20.1 Å². The summed E-state index contributed by atoms with van der Waals surface area (Å²) in [6.45, 7) is 4.82. The summed E-state index contributed by atoms with van der Waals surface area (Å²) in [6.07, 6.45) is -3.59.